The second-order valence-corrected chi connectivity index (χ2v) is 9.51. The lowest BCUT2D eigenvalue weighted by Gasteiger charge is -2.39. The van der Waals surface area contributed by atoms with Crippen LogP contribution in [0.2, 0.25) is 0 Å². The van der Waals surface area contributed by atoms with Gasteiger partial charge in [-0.3, -0.25) is 4.79 Å². The van der Waals surface area contributed by atoms with E-state index in [1.54, 1.807) is 6.92 Å². The molecule has 0 bridgehead atoms. The number of carboxylic acid groups (broad SMARTS) is 1. The molecule has 4 rings (SSSR count). The van der Waals surface area contributed by atoms with E-state index in [1.807, 2.05) is 31.2 Å². The molecule has 0 aliphatic heterocycles. The summed E-state index contributed by atoms with van der Waals surface area (Å²) in [4.78, 5) is 37.6. The van der Waals surface area contributed by atoms with Gasteiger partial charge in [0.15, 0.2) is 0 Å². The number of carbonyl (C=O) groups is 3. The minimum absolute atomic E-state index is 0.0790. The van der Waals surface area contributed by atoms with E-state index in [0.717, 1.165) is 35.1 Å². The van der Waals surface area contributed by atoms with Gasteiger partial charge in [-0.25, -0.2) is 9.59 Å². The highest BCUT2D eigenvalue weighted by Gasteiger charge is 2.44. The summed E-state index contributed by atoms with van der Waals surface area (Å²) in [5.74, 6) is -1.40. The summed E-state index contributed by atoms with van der Waals surface area (Å²) in [6.45, 7) is 3.89. The van der Waals surface area contributed by atoms with Gasteiger partial charge in [-0.15, -0.1) is 0 Å². The molecule has 2 aromatic rings. The van der Waals surface area contributed by atoms with Crippen molar-refractivity contribution in [3.8, 4) is 11.1 Å². The van der Waals surface area contributed by atoms with Crippen LogP contribution in [0, 0.1) is 5.92 Å². The maximum absolute atomic E-state index is 13.2. The van der Waals surface area contributed by atoms with Crippen LogP contribution in [0.5, 0.6) is 0 Å². The van der Waals surface area contributed by atoms with E-state index in [-0.39, 0.29) is 24.9 Å². The van der Waals surface area contributed by atoms with Gasteiger partial charge in [0.05, 0.1) is 0 Å². The second-order valence-electron chi connectivity index (χ2n) is 9.51. The molecule has 0 heterocycles. The first-order valence-corrected chi connectivity index (χ1v) is 12.0. The Morgan fingerprint density at radius 2 is 1.71 bits per heavy atom. The lowest BCUT2D eigenvalue weighted by atomic mass is 9.75. The number of carboxylic acids is 1. The molecule has 34 heavy (non-hydrogen) atoms. The average Bonchev–Trinajstić information content (AvgIpc) is 3.14. The molecular formula is C27H32N2O5. The molecule has 2 amide bonds. The SMILES string of the molecule is CC[C@@H](NC(=O)C1(NC(=O)OCC2c3ccccc3-c3ccccc32)CCCC(C)C1)C(=O)O. The number of rotatable bonds is 7. The lowest BCUT2D eigenvalue weighted by molar-refractivity contribution is -0.143. The Kier molecular flexibility index (Phi) is 6.91. The van der Waals surface area contributed by atoms with Crippen LogP contribution in [0.25, 0.3) is 11.1 Å². The topological polar surface area (TPSA) is 105 Å². The molecule has 3 atom stereocenters. The number of hydrogen-bond donors (Lipinski definition) is 3. The van der Waals surface area contributed by atoms with Crippen LogP contribution >= 0.6 is 0 Å². The molecule has 7 heteroatoms. The number of nitrogens with one attached hydrogen (secondary N) is 2. The zero-order valence-corrected chi connectivity index (χ0v) is 19.7. The van der Waals surface area contributed by atoms with Crippen molar-refractivity contribution < 1.29 is 24.2 Å². The number of hydrogen-bond acceptors (Lipinski definition) is 4. The van der Waals surface area contributed by atoms with Crippen LogP contribution < -0.4 is 10.6 Å². The van der Waals surface area contributed by atoms with E-state index in [0.29, 0.717) is 12.8 Å². The second kappa shape index (κ2) is 9.87. The van der Waals surface area contributed by atoms with Crippen molar-refractivity contribution in [1.82, 2.24) is 10.6 Å². The molecule has 0 radical (unpaired) electrons. The third-order valence-electron chi connectivity index (χ3n) is 7.13. The van der Waals surface area contributed by atoms with Gasteiger partial charge in [0.2, 0.25) is 5.91 Å². The molecule has 2 aliphatic rings. The fourth-order valence-corrected chi connectivity index (χ4v) is 5.39. The van der Waals surface area contributed by atoms with Gasteiger partial charge < -0.3 is 20.5 Å². The van der Waals surface area contributed by atoms with Gasteiger partial charge in [-0.05, 0) is 47.4 Å². The molecule has 0 saturated heterocycles. The molecule has 2 unspecified atom stereocenters. The predicted octanol–water partition coefficient (Wildman–Crippen LogP) is 4.45. The third-order valence-corrected chi connectivity index (χ3v) is 7.13. The Morgan fingerprint density at radius 1 is 1.09 bits per heavy atom. The van der Waals surface area contributed by atoms with Crippen LogP contribution in [0.1, 0.15) is 63.0 Å². The Balaban J connectivity index is 1.49. The van der Waals surface area contributed by atoms with E-state index < -0.39 is 29.6 Å². The molecule has 7 nitrogen and oxygen atoms in total. The molecule has 0 aromatic heterocycles. The number of aliphatic carboxylic acids is 1. The number of fused-ring (bicyclic) bond motifs is 3. The first kappa shape index (κ1) is 23.8. The highest BCUT2D eigenvalue weighted by Crippen LogP contribution is 2.44. The first-order valence-electron chi connectivity index (χ1n) is 12.0. The van der Waals surface area contributed by atoms with E-state index >= 15 is 0 Å². The molecule has 180 valence electrons. The molecule has 1 saturated carbocycles. The van der Waals surface area contributed by atoms with Crippen molar-refractivity contribution in [3.63, 3.8) is 0 Å². The van der Waals surface area contributed by atoms with E-state index in [2.05, 4.69) is 34.9 Å². The van der Waals surface area contributed by atoms with Crippen molar-refractivity contribution in [3.05, 3.63) is 59.7 Å². The van der Waals surface area contributed by atoms with E-state index in [1.165, 1.54) is 0 Å². The maximum atomic E-state index is 13.2. The van der Waals surface area contributed by atoms with Gasteiger partial charge in [0.1, 0.15) is 18.2 Å². The van der Waals surface area contributed by atoms with Crippen molar-refractivity contribution in [2.45, 2.75) is 63.5 Å². The predicted molar refractivity (Wildman–Crippen MR) is 128 cm³/mol. The summed E-state index contributed by atoms with van der Waals surface area (Å²) in [7, 11) is 0. The summed E-state index contributed by atoms with van der Waals surface area (Å²) >= 11 is 0. The number of benzene rings is 2. The van der Waals surface area contributed by atoms with Gasteiger partial charge >= 0.3 is 12.1 Å². The van der Waals surface area contributed by atoms with Crippen molar-refractivity contribution in [2.75, 3.05) is 6.61 Å². The molecule has 2 aliphatic carbocycles. The largest absolute Gasteiger partial charge is 0.480 e. The Morgan fingerprint density at radius 3 is 2.26 bits per heavy atom. The normalized spacial score (nSPS) is 22.2. The molecule has 1 fully saturated rings. The Labute approximate surface area is 199 Å². The number of ether oxygens (including phenoxy) is 1. The van der Waals surface area contributed by atoms with Gasteiger partial charge in [-0.2, -0.15) is 0 Å². The van der Waals surface area contributed by atoms with Crippen LogP contribution in [-0.2, 0) is 14.3 Å². The summed E-state index contributed by atoms with van der Waals surface area (Å²) in [6, 6.07) is 15.2. The molecular weight excluding hydrogens is 432 g/mol. The van der Waals surface area contributed by atoms with Crippen LogP contribution in [0.4, 0.5) is 4.79 Å². The smallest absolute Gasteiger partial charge is 0.408 e. The van der Waals surface area contributed by atoms with Crippen molar-refractivity contribution >= 4 is 18.0 Å². The summed E-state index contributed by atoms with van der Waals surface area (Å²) in [6.07, 6.45) is 2.22. The van der Waals surface area contributed by atoms with Gasteiger partial charge in [-0.1, -0.05) is 75.2 Å². The fourth-order valence-electron chi connectivity index (χ4n) is 5.39. The molecule has 2 aromatic carbocycles. The summed E-state index contributed by atoms with van der Waals surface area (Å²) < 4.78 is 5.69. The lowest BCUT2D eigenvalue weighted by Crippen LogP contribution is -2.62. The number of alkyl carbamates (subject to hydrolysis) is 1. The summed E-state index contributed by atoms with van der Waals surface area (Å²) in [5.41, 5.74) is 3.33. The molecule has 3 N–H and O–H groups in total. The maximum Gasteiger partial charge on any atom is 0.408 e. The van der Waals surface area contributed by atoms with Gasteiger partial charge in [0, 0.05) is 5.92 Å². The van der Waals surface area contributed by atoms with Crippen LogP contribution in [0.3, 0.4) is 0 Å². The minimum Gasteiger partial charge on any atom is -0.480 e. The van der Waals surface area contributed by atoms with Crippen molar-refractivity contribution in [1.29, 1.82) is 0 Å². The Hall–Kier alpha value is -3.35. The Bertz CT molecular complexity index is 1040. The van der Waals surface area contributed by atoms with Crippen molar-refractivity contribution in [2.24, 2.45) is 5.92 Å². The highest BCUT2D eigenvalue weighted by molar-refractivity contribution is 5.93. The summed E-state index contributed by atoms with van der Waals surface area (Å²) in [5, 5.41) is 14.8. The third kappa shape index (κ3) is 4.65. The number of amides is 2. The molecule has 0 spiro atoms. The van der Waals surface area contributed by atoms with E-state index in [9.17, 15) is 19.5 Å². The van der Waals surface area contributed by atoms with E-state index in [4.69, 9.17) is 4.74 Å². The zero-order valence-electron chi connectivity index (χ0n) is 19.7. The number of carbonyl (C=O) groups excluding carboxylic acids is 2. The average molecular weight is 465 g/mol. The van der Waals surface area contributed by atoms with Gasteiger partial charge in [0.25, 0.3) is 0 Å². The first-order chi connectivity index (χ1) is 16.3. The quantitative estimate of drug-likeness (QED) is 0.561. The highest BCUT2D eigenvalue weighted by atomic mass is 16.5. The monoisotopic (exact) mass is 464 g/mol. The van der Waals surface area contributed by atoms with Crippen LogP contribution in [-0.4, -0.2) is 41.3 Å². The standard InChI is InChI=1S/C27H32N2O5/c1-3-23(24(30)31)28-25(32)27(14-8-9-17(2)15-27)29-26(33)34-16-22-20-12-6-4-10-18(20)19-11-5-7-13-21(19)22/h4-7,10-13,17,22-23H,3,8-9,14-16H2,1-2H3,(H,28,32)(H,29,33)(H,30,31)/t17?,23-,27?/m1/s1. The minimum atomic E-state index is -1.18. The van der Waals surface area contributed by atoms with Crippen LogP contribution in [0.15, 0.2) is 48.5 Å². The fraction of sp³-hybridized carbons (Fsp3) is 0.444. The zero-order chi connectivity index (χ0) is 24.3.